The number of aryl methyl sites for hydroxylation is 2. The lowest BCUT2D eigenvalue weighted by Gasteiger charge is -2.18. The van der Waals surface area contributed by atoms with E-state index in [1.807, 2.05) is 43.5 Å². The third kappa shape index (κ3) is 3.65. The molecule has 4 aromatic heterocycles. The normalized spacial score (nSPS) is 14.2. The summed E-state index contributed by atoms with van der Waals surface area (Å²) in [5.74, 6) is 1.21. The maximum Gasteiger partial charge on any atom is 0.152 e. The van der Waals surface area contributed by atoms with Crippen molar-refractivity contribution in [3.05, 3.63) is 54.1 Å². The summed E-state index contributed by atoms with van der Waals surface area (Å²) in [5.41, 5.74) is 7.60. The van der Waals surface area contributed by atoms with E-state index >= 15 is 0 Å². The van der Waals surface area contributed by atoms with Crippen molar-refractivity contribution in [2.24, 2.45) is 7.05 Å². The van der Waals surface area contributed by atoms with E-state index in [0.717, 1.165) is 63.7 Å². The summed E-state index contributed by atoms with van der Waals surface area (Å²) >= 11 is 0. The van der Waals surface area contributed by atoms with Crippen LogP contribution in [-0.4, -0.2) is 29.5 Å². The van der Waals surface area contributed by atoms with Gasteiger partial charge in [-0.05, 0) is 31.9 Å². The van der Waals surface area contributed by atoms with Crippen molar-refractivity contribution in [1.29, 1.82) is 0 Å². The van der Waals surface area contributed by atoms with Crippen LogP contribution < -0.4 is 5.32 Å². The van der Waals surface area contributed by atoms with Crippen LogP contribution in [0.3, 0.4) is 0 Å². The van der Waals surface area contributed by atoms with Crippen LogP contribution in [0.15, 0.2) is 37.1 Å². The Bertz CT molecular complexity index is 1260. The topological polar surface area (TPSA) is 81.4 Å². The number of hydrogen-bond donors (Lipinski definition) is 1. The number of imidazole rings is 1. The smallest absolute Gasteiger partial charge is 0.152 e. The van der Waals surface area contributed by atoms with Crippen LogP contribution in [0.1, 0.15) is 56.6 Å². The van der Waals surface area contributed by atoms with E-state index in [4.69, 9.17) is 9.97 Å². The second-order valence-corrected chi connectivity index (χ2v) is 9.38. The first kappa shape index (κ1) is 19.6. The van der Waals surface area contributed by atoms with E-state index in [-0.39, 0.29) is 5.41 Å². The van der Waals surface area contributed by atoms with Crippen molar-refractivity contribution >= 4 is 22.5 Å². The van der Waals surface area contributed by atoms with Crippen molar-refractivity contribution < 1.29 is 0 Å². The highest BCUT2D eigenvalue weighted by molar-refractivity contribution is 5.91. The number of nitrogens with zero attached hydrogens (tertiary/aromatic N) is 6. The van der Waals surface area contributed by atoms with E-state index in [0.29, 0.717) is 5.92 Å². The molecule has 31 heavy (non-hydrogen) atoms. The van der Waals surface area contributed by atoms with E-state index in [1.165, 1.54) is 0 Å². The highest BCUT2D eigenvalue weighted by atomic mass is 15.1. The number of nitrogens with one attached hydrogen (secondary N) is 1. The van der Waals surface area contributed by atoms with Crippen LogP contribution in [0.4, 0.5) is 11.5 Å². The van der Waals surface area contributed by atoms with E-state index in [9.17, 15) is 0 Å². The van der Waals surface area contributed by atoms with Crippen LogP contribution in [0.25, 0.3) is 22.3 Å². The molecule has 0 spiro atoms. The van der Waals surface area contributed by atoms with Crippen LogP contribution >= 0.6 is 0 Å². The number of rotatable bonds is 4. The maximum absolute atomic E-state index is 5.03. The van der Waals surface area contributed by atoms with Gasteiger partial charge in [0, 0.05) is 35.8 Å². The molecule has 0 saturated heterocycles. The van der Waals surface area contributed by atoms with Gasteiger partial charge in [-0.25, -0.2) is 15.0 Å². The number of aromatic nitrogens is 6. The first-order valence-electron chi connectivity index (χ1n) is 10.7. The molecular formula is C24H27N7. The van der Waals surface area contributed by atoms with Crippen molar-refractivity contribution in [2.75, 3.05) is 5.32 Å². The van der Waals surface area contributed by atoms with Gasteiger partial charge < -0.3 is 9.88 Å². The summed E-state index contributed by atoms with van der Waals surface area (Å²) in [6, 6.07) is 4.12. The molecule has 0 aromatic carbocycles. The first-order valence-corrected chi connectivity index (χ1v) is 10.7. The summed E-state index contributed by atoms with van der Waals surface area (Å²) < 4.78 is 1.98. The monoisotopic (exact) mass is 413 g/mol. The Balaban J connectivity index is 1.55. The van der Waals surface area contributed by atoms with Gasteiger partial charge in [0.2, 0.25) is 0 Å². The Hall–Kier alpha value is -3.35. The highest BCUT2D eigenvalue weighted by Crippen LogP contribution is 2.44. The van der Waals surface area contributed by atoms with Crippen LogP contribution in [-0.2, 0) is 12.5 Å². The Morgan fingerprint density at radius 1 is 1.03 bits per heavy atom. The van der Waals surface area contributed by atoms with Crippen molar-refractivity contribution in [2.45, 2.75) is 51.9 Å². The number of anilines is 2. The highest BCUT2D eigenvalue weighted by Gasteiger charge is 2.31. The summed E-state index contributed by atoms with van der Waals surface area (Å²) in [7, 11) is 1.98. The Morgan fingerprint density at radius 2 is 1.84 bits per heavy atom. The quantitative estimate of drug-likeness (QED) is 0.504. The van der Waals surface area contributed by atoms with Gasteiger partial charge in [-0.1, -0.05) is 20.8 Å². The molecule has 0 bridgehead atoms. The largest absolute Gasteiger partial charge is 0.337 e. The lowest BCUT2D eigenvalue weighted by Crippen LogP contribution is -2.13. The minimum Gasteiger partial charge on any atom is -0.337 e. The Morgan fingerprint density at radius 3 is 2.52 bits per heavy atom. The Labute approximate surface area is 182 Å². The molecule has 1 fully saturated rings. The molecule has 158 valence electrons. The molecule has 5 rings (SSSR count). The molecule has 1 saturated carbocycles. The molecule has 0 radical (unpaired) electrons. The maximum atomic E-state index is 5.03. The van der Waals surface area contributed by atoms with Crippen molar-refractivity contribution in [3.63, 3.8) is 0 Å². The molecular weight excluding hydrogens is 386 g/mol. The van der Waals surface area contributed by atoms with E-state index in [2.05, 4.69) is 53.2 Å². The predicted octanol–water partition coefficient (Wildman–Crippen LogP) is 5.05. The number of pyridine rings is 2. The van der Waals surface area contributed by atoms with Gasteiger partial charge in [0.1, 0.15) is 5.52 Å². The zero-order valence-corrected chi connectivity index (χ0v) is 18.6. The van der Waals surface area contributed by atoms with E-state index in [1.54, 1.807) is 0 Å². The lowest BCUT2D eigenvalue weighted by molar-refractivity contribution is 0.569. The molecule has 4 heterocycles. The average Bonchev–Trinajstić information content (AvgIpc) is 3.51. The number of fused-ring (bicyclic) bond motifs is 1. The van der Waals surface area contributed by atoms with Crippen molar-refractivity contribution in [1.82, 2.24) is 29.5 Å². The summed E-state index contributed by atoms with van der Waals surface area (Å²) in [6.45, 7) is 8.47. The molecule has 7 nitrogen and oxygen atoms in total. The summed E-state index contributed by atoms with van der Waals surface area (Å²) in [4.78, 5) is 23.7. The van der Waals surface area contributed by atoms with Gasteiger partial charge in [0.25, 0.3) is 0 Å². The standard InChI is InChI=1S/C24H27N7/c1-14-23(29-16-8-9-19(26-10-16)24(2,3)4)30-20(15-6-7-15)22(28-14)17-11-25-12-18-21(17)27-13-31(18)5/h8-13,15H,6-7H2,1-5H3,(H,29,30). The molecule has 0 amide bonds. The predicted molar refractivity (Wildman–Crippen MR) is 122 cm³/mol. The Kier molecular flexibility index (Phi) is 4.50. The van der Waals surface area contributed by atoms with Gasteiger partial charge in [-0.2, -0.15) is 0 Å². The fourth-order valence-electron chi connectivity index (χ4n) is 3.75. The summed E-state index contributed by atoms with van der Waals surface area (Å²) in [6.07, 6.45) is 9.65. The third-order valence-corrected chi connectivity index (χ3v) is 5.75. The molecule has 0 unspecified atom stereocenters. The number of hydrogen-bond acceptors (Lipinski definition) is 6. The lowest BCUT2D eigenvalue weighted by atomic mass is 9.92. The minimum absolute atomic E-state index is 0.0234. The minimum atomic E-state index is 0.0234. The average molecular weight is 414 g/mol. The van der Waals surface area contributed by atoms with E-state index < -0.39 is 0 Å². The SMILES string of the molecule is Cc1nc(-c2cncc3c2ncn3C)c(C2CC2)nc1Nc1ccc(C(C)(C)C)nc1. The van der Waals surface area contributed by atoms with Gasteiger partial charge in [-0.3, -0.25) is 9.97 Å². The van der Waals surface area contributed by atoms with Crippen LogP contribution in [0, 0.1) is 6.92 Å². The van der Waals surface area contributed by atoms with Gasteiger partial charge in [0.05, 0.1) is 47.0 Å². The van der Waals surface area contributed by atoms with Crippen molar-refractivity contribution in [3.8, 4) is 11.3 Å². The molecule has 1 N–H and O–H groups in total. The van der Waals surface area contributed by atoms with Gasteiger partial charge in [-0.15, -0.1) is 0 Å². The fourth-order valence-corrected chi connectivity index (χ4v) is 3.75. The van der Waals surface area contributed by atoms with Gasteiger partial charge >= 0.3 is 0 Å². The molecule has 4 aromatic rings. The molecule has 7 heteroatoms. The second-order valence-electron chi connectivity index (χ2n) is 9.38. The molecule has 1 aliphatic rings. The molecule has 1 aliphatic carbocycles. The van der Waals surface area contributed by atoms with Crippen LogP contribution in [0.5, 0.6) is 0 Å². The zero-order valence-electron chi connectivity index (χ0n) is 18.6. The fraction of sp³-hybridized carbons (Fsp3) is 0.375. The zero-order chi connectivity index (χ0) is 21.8. The first-order chi connectivity index (χ1) is 14.8. The van der Waals surface area contributed by atoms with Gasteiger partial charge in [0.15, 0.2) is 5.82 Å². The molecule has 0 atom stereocenters. The molecule has 0 aliphatic heterocycles. The third-order valence-electron chi connectivity index (χ3n) is 5.75. The summed E-state index contributed by atoms with van der Waals surface area (Å²) in [5, 5.41) is 3.42. The second kappa shape index (κ2) is 7.11. The van der Waals surface area contributed by atoms with Crippen LogP contribution in [0.2, 0.25) is 0 Å².